The first kappa shape index (κ1) is 28.8. The Bertz CT molecular complexity index is 1130. The lowest BCUT2D eigenvalue weighted by Gasteiger charge is -2.33. The number of hydrogen-bond donors (Lipinski definition) is 4. The molecule has 37 heavy (non-hydrogen) atoms. The summed E-state index contributed by atoms with van der Waals surface area (Å²) < 4.78 is 11.3. The molecule has 1 saturated heterocycles. The van der Waals surface area contributed by atoms with Gasteiger partial charge in [-0.05, 0) is 51.9 Å². The van der Waals surface area contributed by atoms with Gasteiger partial charge in [-0.1, -0.05) is 18.5 Å². The van der Waals surface area contributed by atoms with E-state index < -0.39 is 6.10 Å². The molecule has 0 amide bonds. The van der Waals surface area contributed by atoms with Crippen LogP contribution in [0, 0.1) is 12.3 Å². The van der Waals surface area contributed by atoms with Gasteiger partial charge in [0.25, 0.3) is 0 Å². The highest BCUT2D eigenvalue weighted by Crippen LogP contribution is 2.35. The van der Waals surface area contributed by atoms with Crippen LogP contribution in [0.5, 0.6) is 5.75 Å². The molecule has 0 spiro atoms. The van der Waals surface area contributed by atoms with Gasteiger partial charge in [0.15, 0.2) is 5.82 Å². The molecule has 2 aromatic rings. The monoisotopic (exact) mass is 531 g/mol. The largest absolute Gasteiger partial charge is 0.512 e. The van der Waals surface area contributed by atoms with E-state index in [-0.39, 0.29) is 24.2 Å². The standard InChI is InChI=1S/C27H38ClN5O4/c1-6-23(35)24(17(3)29)25-16(2)27(33-11-9-19(36-5)10-12-33)32-26(31-25)21-13-20(7-8-22(21)28)37-15-18(34)14-30-4/h7-8,13,18-19,29-30,34-35H,6,9-12,14-15H2,1-5H3/b24-23+,29-17?/t18-/m1/s1. The highest BCUT2D eigenvalue weighted by molar-refractivity contribution is 6.33. The maximum absolute atomic E-state index is 10.7. The van der Waals surface area contributed by atoms with Crippen molar-refractivity contribution >= 4 is 28.7 Å². The van der Waals surface area contributed by atoms with Crippen LogP contribution in [0.4, 0.5) is 5.82 Å². The lowest BCUT2D eigenvalue weighted by atomic mass is 9.99. The molecule has 1 atom stereocenters. The number of benzene rings is 1. The van der Waals surface area contributed by atoms with E-state index in [0.717, 1.165) is 37.3 Å². The number of methoxy groups -OCH3 is 1. The van der Waals surface area contributed by atoms with Gasteiger partial charge in [-0.2, -0.15) is 0 Å². The summed E-state index contributed by atoms with van der Waals surface area (Å²) in [6.45, 7) is 7.46. The number of allylic oxidation sites excluding steroid dienone is 2. The average Bonchev–Trinajstić information content (AvgIpc) is 2.89. The minimum absolute atomic E-state index is 0.103. The van der Waals surface area contributed by atoms with Gasteiger partial charge in [0.2, 0.25) is 0 Å². The highest BCUT2D eigenvalue weighted by Gasteiger charge is 2.26. The summed E-state index contributed by atoms with van der Waals surface area (Å²) in [6, 6.07) is 5.20. The fourth-order valence-corrected chi connectivity index (χ4v) is 4.64. The fraction of sp³-hybridized carbons (Fsp3) is 0.519. The molecular formula is C27H38ClN5O4. The molecule has 1 aliphatic heterocycles. The lowest BCUT2D eigenvalue weighted by molar-refractivity contribution is 0.0818. The number of anilines is 1. The molecule has 3 rings (SSSR count). The Kier molecular flexibility index (Phi) is 10.3. The Hall–Kier alpha value is -2.72. The number of rotatable bonds is 11. The minimum atomic E-state index is -0.659. The number of likely N-dealkylation sites (N-methyl/N-ethyl adjacent to an activating group) is 1. The van der Waals surface area contributed by atoms with Gasteiger partial charge in [-0.3, -0.25) is 0 Å². The average molecular weight is 532 g/mol. The van der Waals surface area contributed by atoms with Gasteiger partial charge in [0.1, 0.15) is 30.0 Å². The Morgan fingerprint density at radius 3 is 2.59 bits per heavy atom. The second-order valence-electron chi connectivity index (χ2n) is 9.23. The van der Waals surface area contributed by atoms with E-state index in [1.54, 1.807) is 39.3 Å². The Labute approximate surface area is 224 Å². The summed E-state index contributed by atoms with van der Waals surface area (Å²) in [5.41, 5.74) is 2.48. The number of aromatic nitrogens is 2. The summed E-state index contributed by atoms with van der Waals surface area (Å²) in [5.74, 6) is 1.74. The Morgan fingerprint density at radius 2 is 2.00 bits per heavy atom. The van der Waals surface area contributed by atoms with Crippen LogP contribution in [0.25, 0.3) is 17.0 Å². The van der Waals surface area contributed by atoms with Crippen LogP contribution in [0.2, 0.25) is 5.02 Å². The first-order chi connectivity index (χ1) is 17.7. The summed E-state index contributed by atoms with van der Waals surface area (Å²) in [7, 11) is 3.50. The molecule has 0 saturated carbocycles. The third-order valence-corrected chi connectivity index (χ3v) is 6.82. The van der Waals surface area contributed by atoms with Crippen LogP contribution in [0.3, 0.4) is 0 Å². The van der Waals surface area contributed by atoms with Crippen molar-refractivity contribution in [3.05, 3.63) is 40.2 Å². The Balaban J connectivity index is 2.13. The number of halogens is 1. The van der Waals surface area contributed by atoms with Crippen molar-refractivity contribution in [2.24, 2.45) is 0 Å². The summed E-state index contributed by atoms with van der Waals surface area (Å²) in [4.78, 5) is 12.0. The van der Waals surface area contributed by atoms with Gasteiger partial charge in [-0.15, -0.1) is 0 Å². The lowest BCUT2D eigenvalue weighted by Crippen LogP contribution is -2.37. The quantitative estimate of drug-likeness (QED) is 0.248. The van der Waals surface area contributed by atoms with Gasteiger partial charge in [0, 0.05) is 50.0 Å². The first-order valence-corrected chi connectivity index (χ1v) is 13.0. The third kappa shape index (κ3) is 6.98. The van der Waals surface area contributed by atoms with E-state index in [1.807, 2.05) is 13.8 Å². The maximum atomic E-state index is 10.7. The first-order valence-electron chi connectivity index (χ1n) is 12.6. The number of nitrogens with one attached hydrogen (secondary N) is 2. The molecule has 202 valence electrons. The van der Waals surface area contributed by atoms with E-state index in [9.17, 15) is 10.2 Å². The van der Waals surface area contributed by atoms with Gasteiger partial charge in [0.05, 0.1) is 22.4 Å². The third-order valence-electron chi connectivity index (χ3n) is 6.49. The molecule has 10 heteroatoms. The molecule has 2 heterocycles. The minimum Gasteiger partial charge on any atom is -0.512 e. The number of ether oxygens (including phenoxy) is 2. The second-order valence-corrected chi connectivity index (χ2v) is 9.64. The smallest absolute Gasteiger partial charge is 0.163 e. The molecule has 9 nitrogen and oxygen atoms in total. The predicted molar refractivity (Wildman–Crippen MR) is 148 cm³/mol. The maximum Gasteiger partial charge on any atom is 0.163 e. The van der Waals surface area contributed by atoms with E-state index in [1.165, 1.54) is 0 Å². The normalized spacial score (nSPS) is 15.9. The predicted octanol–water partition coefficient (Wildman–Crippen LogP) is 4.40. The number of aliphatic hydroxyl groups is 2. The number of nitrogens with zero attached hydrogens (tertiary/aromatic N) is 3. The van der Waals surface area contributed by atoms with E-state index in [4.69, 9.17) is 36.5 Å². The van der Waals surface area contributed by atoms with E-state index >= 15 is 0 Å². The SMILES string of the molecule is CC/C(O)=C(/C(C)=N)c1nc(-c2cc(OC[C@H](O)CNC)ccc2Cl)nc(N2CCC(OC)CC2)c1C. The summed E-state index contributed by atoms with van der Waals surface area (Å²) in [5, 5.41) is 32.5. The Morgan fingerprint density at radius 1 is 1.30 bits per heavy atom. The molecule has 1 fully saturated rings. The van der Waals surface area contributed by atoms with Crippen LogP contribution in [-0.4, -0.2) is 78.5 Å². The molecule has 1 aliphatic rings. The van der Waals surface area contributed by atoms with E-state index in [2.05, 4.69) is 10.2 Å². The van der Waals surface area contributed by atoms with Gasteiger partial charge >= 0.3 is 0 Å². The van der Waals surface area contributed by atoms with Crippen molar-refractivity contribution in [1.29, 1.82) is 5.41 Å². The summed E-state index contributed by atoms with van der Waals surface area (Å²) in [6.07, 6.45) is 1.67. The number of hydrogen-bond acceptors (Lipinski definition) is 9. The van der Waals surface area contributed by atoms with E-state index in [0.29, 0.717) is 46.4 Å². The van der Waals surface area contributed by atoms with Gasteiger partial charge in [-0.25, -0.2) is 9.97 Å². The van der Waals surface area contributed by atoms with Crippen LogP contribution >= 0.6 is 11.6 Å². The molecule has 1 aromatic heterocycles. The van der Waals surface area contributed by atoms with Crippen LogP contribution in [-0.2, 0) is 4.74 Å². The molecule has 0 bridgehead atoms. The van der Waals surface area contributed by atoms with Crippen LogP contribution < -0.4 is 15.0 Å². The highest BCUT2D eigenvalue weighted by atomic mass is 35.5. The zero-order chi connectivity index (χ0) is 27.1. The zero-order valence-corrected chi connectivity index (χ0v) is 23.0. The van der Waals surface area contributed by atoms with Crippen LogP contribution in [0.15, 0.2) is 24.0 Å². The number of piperidine rings is 1. The van der Waals surface area contributed by atoms with Crippen molar-refractivity contribution < 1.29 is 19.7 Å². The topological polar surface area (TPSA) is 124 Å². The van der Waals surface area contributed by atoms with Crippen molar-refractivity contribution in [1.82, 2.24) is 15.3 Å². The molecule has 1 aromatic carbocycles. The molecular weight excluding hydrogens is 494 g/mol. The second kappa shape index (κ2) is 13.2. The van der Waals surface area contributed by atoms with Crippen molar-refractivity contribution in [2.75, 3.05) is 45.3 Å². The van der Waals surface area contributed by atoms with Crippen LogP contribution in [0.1, 0.15) is 44.4 Å². The van der Waals surface area contributed by atoms with Crippen molar-refractivity contribution in [3.8, 4) is 17.1 Å². The van der Waals surface area contributed by atoms with Crippen molar-refractivity contribution in [3.63, 3.8) is 0 Å². The molecule has 0 aliphatic carbocycles. The fourth-order valence-electron chi connectivity index (χ4n) is 4.44. The number of aliphatic hydroxyl groups excluding tert-OH is 2. The molecule has 0 unspecified atom stereocenters. The zero-order valence-electron chi connectivity index (χ0n) is 22.3. The molecule has 4 N–H and O–H groups in total. The van der Waals surface area contributed by atoms with Gasteiger partial charge < -0.3 is 35.3 Å². The molecule has 0 radical (unpaired) electrons. The summed E-state index contributed by atoms with van der Waals surface area (Å²) >= 11 is 6.61. The van der Waals surface area contributed by atoms with Crippen molar-refractivity contribution in [2.45, 2.75) is 52.2 Å².